The van der Waals surface area contributed by atoms with Gasteiger partial charge in [-0.2, -0.15) is 0 Å². The molecule has 0 aromatic carbocycles. The molecule has 2 rings (SSSR count). The van der Waals surface area contributed by atoms with Gasteiger partial charge in [0.2, 0.25) is 0 Å². The number of alkyl halides is 2. The monoisotopic (exact) mass is 246 g/mol. The topological polar surface area (TPSA) is 24.9 Å². The molecule has 0 aliphatic carbocycles. The van der Waals surface area contributed by atoms with E-state index < -0.39 is 6.43 Å². The number of rotatable bonds is 3. The Morgan fingerprint density at radius 3 is 2.94 bits per heavy atom. The van der Waals surface area contributed by atoms with E-state index in [1.165, 1.54) is 24.2 Å². The molecule has 1 aromatic heterocycles. The minimum atomic E-state index is -2.38. The van der Waals surface area contributed by atoms with E-state index in [9.17, 15) is 8.78 Å². The van der Waals surface area contributed by atoms with Gasteiger partial charge in [-0.15, -0.1) is 11.3 Å². The first-order valence-electron chi connectivity index (χ1n) is 5.62. The zero-order chi connectivity index (χ0) is 11.5. The minimum absolute atomic E-state index is 0.138. The maximum Gasteiger partial charge on any atom is 0.274 e. The predicted molar refractivity (Wildman–Crippen MR) is 61.1 cm³/mol. The van der Waals surface area contributed by atoms with Gasteiger partial charge >= 0.3 is 0 Å². The molecule has 1 aliphatic heterocycles. The van der Waals surface area contributed by atoms with E-state index in [-0.39, 0.29) is 4.88 Å². The highest BCUT2D eigenvalue weighted by molar-refractivity contribution is 7.11. The molecule has 1 unspecified atom stereocenters. The second-order valence-electron chi connectivity index (χ2n) is 4.27. The van der Waals surface area contributed by atoms with Crippen LogP contribution in [0.1, 0.15) is 34.8 Å². The summed E-state index contributed by atoms with van der Waals surface area (Å²) in [4.78, 5) is 4.37. The highest BCUT2D eigenvalue weighted by atomic mass is 32.1. The molecule has 90 valence electrons. The highest BCUT2D eigenvalue weighted by Gasteiger charge is 2.19. The van der Waals surface area contributed by atoms with E-state index >= 15 is 0 Å². The number of piperidine rings is 1. The van der Waals surface area contributed by atoms with Gasteiger partial charge in [0.15, 0.2) is 0 Å². The average molecular weight is 246 g/mol. The van der Waals surface area contributed by atoms with Gasteiger partial charge in [0.25, 0.3) is 6.43 Å². The lowest BCUT2D eigenvalue weighted by molar-refractivity contribution is 0.154. The van der Waals surface area contributed by atoms with Crippen LogP contribution in [-0.4, -0.2) is 18.1 Å². The molecule has 0 spiro atoms. The normalized spacial score (nSPS) is 21.6. The van der Waals surface area contributed by atoms with Crippen molar-refractivity contribution >= 4 is 11.3 Å². The van der Waals surface area contributed by atoms with Crippen molar-refractivity contribution in [3.63, 3.8) is 0 Å². The quantitative estimate of drug-likeness (QED) is 0.887. The summed E-state index contributed by atoms with van der Waals surface area (Å²) in [6.45, 7) is 3.74. The Hall–Kier alpha value is -0.550. The van der Waals surface area contributed by atoms with E-state index in [4.69, 9.17) is 0 Å². The number of aromatic nitrogens is 1. The van der Waals surface area contributed by atoms with Crippen molar-refractivity contribution in [3.8, 4) is 0 Å². The van der Waals surface area contributed by atoms with Gasteiger partial charge in [-0.3, -0.25) is 0 Å². The zero-order valence-electron chi connectivity index (χ0n) is 9.30. The molecule has 0 amide bonds. The standard InChI is InChI=1S/C11H16F2N2S/c1-7-10(11(12)13)16-9(15-7)5-8-3-2-4-14-6-8/h8,11,14H,2-6H2,1H3. The molecule has 0 bridgehead atoms. The SMILES string of the molecule is Cc1nc(CC2CCCNC2)sc1C(F)F. The van der Waals surface area contributed by atoms with Gasteiger partial charge in [0.1, 0.15) is 0 Å². The fraction of sp³-hybridized carbons (Fsp3) is 0.727. The largest absolute Gasteiger partial charge is 0.316 e. The lowest BCUT2D eigenvalue weighted by Crippen LogP contribution is -2.30. The van der Waals surface area contributed by atoms with Crippen LogP contribution in [0.15, 0.2) is 0 Å². The summed E-state index contributed by atoms with van der Waals surface area (Å²) in [5.74, 6) is 0.560. The van der Waals surface area contributed by atoms with E-state index in [1.54, 1.807) is 6.92 Å². The molecule has 1 saturated heterocycles. The summed E-state index contributed by atoms with van der Waals surface area (Å²) in [6, 6.07) is 0. The molecule has 1 fully saturated rings. The van der Waals surface area contributed by atoms with Crippen molar-refractivity contribution in [1.82, 2.24) is 10.3 Å². The van der Waals surface area contributed by atoms with Crippen molar-refractivity contribution in [3.05, 3.63) is 15.6 Å². The summed E-state index contributed by atoms with van der Waals surface area (Å²) in [6.07, 6.45) is 0.813. The van der Waals surface area contributed by atoms with Crippen molar-refractivity contribution in [2.75, 3.05) is 13.1 Å². The highest BCUT2D eigenvalue weighted by Crippen LogP contribution is 2.30. The second-order valence-corrected chi connectivity index (χ2v) is 5.39. The Morgan fingerprint density at radius 1 is 1.56 bits per heavy atom. The third-order valence-electron chi connectivity index (χ3n) is 2.94. The minimum Gasteiger partial charge on any atom is -0.316 e. The van der Waals surface area contributed by atoms with E-state index in [2.05, 4.69) is 10.3 Å². The van der Waals surface area contributed by atoms with Crippen LogP contribution in [0.3, 0.4) is 0 Å². The third kappa shape index (κ3) is 2.77. The summed E-state index contributed by atoms with van der Waals surface area (Å²) >= 11 is 1.17. The molecule has 1 aliphatic rings. The van der Waals surface area contributed by atoms with E-state index in [0.717, 1.165) is 24.5 Å². The smallest absolute Gasteiger partial charge is 0.274 e. The molecule has 16 heavy (non-hydrogen) atoms. The molecule has 1 N–H and O–H groups in total. The van der Waals surface area contributed by atoms with Crippen LogP contribution in [-0.2, 0) is 6.42 Å². The Labute approximate surface area is 98.1 Å². The maximum absolute atomic E-state index is 12.6. The molecule has 2 nitrogen and oxygen atoms in total. The third-order valence-corrected chi connectivity index (χ3v) is 4.12. The number of nitrogens with one attached hydrogen (secondary N) is 1. The first-order chi connectivity index (χ1) is 7.66. The first kappa shape index (κ1) is 11.9. The molecular formula is C11H16F2N2S. The van der Waals surface area contributed by atoms with Gasteiger partial charge in [-0.05, 0) is 38.8 Å². The second kappa shape index (κ2) is 5.19. The van der Waals surface area contributed by atoms with Crippen molar-refractivity contribution in [2.24, 2.45) is 5.92 Å². The average Bonchev–Trinajstić information content (AvgIpc) is 2.61. The molecule has 0 saturated carbocycles. The van der Waals surface area contributed by atoms with Crippen LogP contribution in [0, 0.1) is 12.8 Å². The zero-order valence-corrected chi connectivity index (χ0v) is 10.1. The molecule has 1 aromatic rings. The summed E-state index contributed by atoms with van der Waals surface area (Å²) < 4.78 is 25.2. The van der Waals surface area contributed by atoms with Crippen LogP contribution in [0.5, 0.6) is 0 Å². The number of nitrogens with zero attached hydrogens (tertiary/aromatic N) is 1. The van der Waals surface area contributed by atoms with Crippen LogP contribution < -0.4 is 5.32 Å². The van der Waals surface area contributed by atoms with Crippen LogP contribution in [0.2, 0.25) is 0 Å². The number of aryl methyl sites for hydroxylation is 1. The Bertz CT molecular complexity index is 346. The predicted octanol–water partition coefficient (Wildman–Crippen LogP) is 2.93. The first-order valence-corrected chi connectivity index (χ1v) is 6.43. The van der Waals surface area contributed by atoms with Gasteiger partial charge in [-0.25, -0.2) is 13.8 Å². The Kier molecular flexibility index (Phi) is 3.86. The fourth-order valence-corrected chi connectivity index (χ4v) is 3.14. The van der Waals surface area contributed by atoms with Crippen molar-refractivity contribution in [2.45, 2.75) is 32.6 Å². The lowest BCUT2D eigenvalue weighted by atomic mass is 9.97. The maximum atomic E-state index is 12.6. The number of halogens is 2. The van der Waals surface area contributed by atoms with Crippen LogP contribution in [0.4, 0.5) is 8.78 Å². The van der Waals surface area contributed by atoms with Gasteiger partial charge < -0.3 is 5.32 Å². The summed E-state index contributed by atoms with van der Waals surface area (Å²) in [5.41, 5.74) is 0.499. The van der Waals surface area contributed by atoms with Crippen LogP contribution in [0.25, 0.3) is 0 Å². The van der Waals surface area contributed by atoms with Crippen molar-refractivity contribution < 1.29 is 8.78 Å². The molecule has 2 heterocycles. The van der Waals surface area contributed by atoms with Gasteiger partial charge in [0.05, 0.1) is 15.6 Å². The summed E-state index contributed by atoms with van der Waals surface area (Å²) in [5, 5.41) is 4.19. The van der Waals surface area contributed by atoms with Crippen molar-refractivity contribution in [1.29, 1.82) is 0 Å². The number of hydrogen-bond donors (Lipinski definition) is 1. The lowest BCUT2D eigenvalue weighted by Gasteiger charge is -2.21. The molecular weight excluding hydrogens is 230 g/mol. The molecule has 1 atom stereocenters. The number of thiazole rings is 1. The van der Waals surface area contributed by atoms with E-state index in [0.29, 0.717) is 11.6 Å². The van der Waals surface area contributed by atoms with Gasteiger partial charge in [-0.1, -0.05) is 0 Å². The Balaban J connectivity index is 2.01. The van der Waals surface area contributed by atoms with Crippen LogP contribution >= 0.6 is 11.3 Å². The molecule has 0 radical (unpaired) electrons. The summed E-state index contributed by atoms with van der Waals surface area (Å²) in [7, 11) is 0. The molecule has 5 heteroatoms. The van der Waals surface area contributed by atoms with Gasteiger partial charge in [0, 0.05) is 6.42 Å². The Morgan fingerprint density at radius 2 is 2.38 bits per heavy atom. The van der Waals surface area contributed by atoms with E-state index in [1.807, 2.05) is 0 Å². The fourth-order valence-electron chi connectivity index (χ4n) is 2.10. The number of hydrogen-bond acceptors (Lipinski definition) is 3.